The molecule has 5 heteroatoms. The zero-order chi connectivity index (χ0) is 14.5. The minimum absolute atomic E-state index is 0.0841. The Kier molecular flexibility index (Phi) is 4.28. The summed E-state index contributed by atoms with van der Waals surface area (Å²) in [5, 5.41) is 2.88. The van der Waals surface area contributed by atoms with Crippen LogP contribution in [0.5, 0.6) is 17.2 Å². The number of benzene rings is 1. The van der Waals surface area contributed by atoms with Crippen molar-refractivity contribution in [3.05, 3.63) is 30.4 Å². The summed E-state index contributed by atoms with van der Waals surface area (Å²) in [6.45, 7) is 1.19. The summed E-state index contributed by atoms with van der Waals surface area (Å²) in [5.41, 5.74) is 0. The van der Waals surface area contributed by atoms with E-state index in [4.69, 9.17) is 14.2 Å². The highest BCUT2D eigenvalue weighted by Crippen LogP contribution is 2.34. The standard InChI is InChI=1S/C16H19NO4/c18-16(9-12-3-1-2-4-12)17-7-8-19-13-5-6-14-15(10-13)21-11-20-14/h1,3,5-6,10,12H,2,4,7-9,11H2,(H,17,18)/t12-/m0/s1. The van der Waals surface area contributed by atoms with Crippen molar-refractivity contribution < 1.29 is 19.0 Å². The van der Waals surface area contributed by atoms with Crippen LogP contribution < -0.4 is 19.5 Å². The summed E-state index contributed by atoms with van der Waals surface area (Å²) in [6.07, 6.45) is 7.01. The van der Waals surface area contributed by atoms with Crippen LogP contribution in [0.2, 0.25) is 0 Å². The molecule has 0 aromatic heterocycles. The summed E-state index contributed by atoms with van der Waals surface area (Å²) in [4.78, 5) is 11.7. The highest BCUT2D eigenvalue weighted by molar-refractivity contribution is 5.76. The molecule has 112 valence electrons. The third kappa shape index (κ3) is 3.68. The van der Waals surface area contributed by atoms with Crippen LogP contribution in [0.4, 0.5) is 0 Å². The lowest BCUT2D eigenvalue weighted by Gasteiger charge is -2.10. The van der Waals surface area contributed by atoms with Crippen LogP contribution in [0, 0.1) is 5.92 Å². The van der Waals surface area contributed by atoms with Crippen molar-refractivity contribution in [3.8, 4) is 17.2 Å². The van der Waals surface area contributed by atoms with Crippen molar-refractivity contribution in [1.82, 2.24) is 5.32 Å². The van der Waals surface area contributed by atoms with Gasteiger partial charge >= 0.3 is 0 Å². The van der Waals surface area contributed by atoms with Gasteiger partial charge in [-0.1, -0.05) is 12.2 Å². The Morgan fingerprint density at radius 1 is 1.33 bits per heavy atom. The molecular weight excluding hydrogens is 270 g/mol. The van der Waals surface area contributed by atoms with Crippen LogP contribution in [0.25, 0.3) is 0 Å². The van der Waals surface area contributed by atoms with Gasteiger partial charge in [0.05, 0.1) is 6.54 Å². The molecule has 3 rings (SSSR count). The Hall–Kier alpha value is -2.17. The summed E-state index contributed by atoms with van der Waals surface area (Å²) in [7, 11) is 0. The average Bonchev–Trinajstić information content (AvgIpc) is 3.14. The number of ether oxygens (including phenoxy) is 3. The Morgan fingerprint density at radius 2 is 2.24 bits per heavy atom. The Balaban J connectivity index is 1.36. The van der Waals surface area contributed by atoms with Gasteiger partial charge in [0.15, 0.2) is 11.5 Å². The first-order chi connectivity index (χ1) is 10.3. The quantitative estimate of drug-likeness (QED) is 0.645. The topological polar surface area (TPSA) is 56.8 Å². The van der Waals surface area contributed by atoms with Crippen molar-refractivity contribution in [3.63, 3.8) is 0 Å². The number of rotatable bonds is 6. The van der Waals surface area contributed by atoms with Crippen molar-refractivity contribution in [1.29, 1.82) is 0 Å². The number of amides is 1. The number of carbonyl (C=O) groups is 1. The Labute approximate surface area is 123 Å². The first kappa shape index (κ1) is 13.8. The number of allylic oxidation sites excluding steroid dienone is 2. The number of hydrogen-bond acceptors (Lipinski definition) is 4. The van der Waals surface area contributed by atoms with E-state index in [9.17, 15) is 4.79 Å². The molecule has 1 aliphatic carbocycles. The second-order valence-electron chi connectivity index (χ2n) is 5.18. The minimum atomic E-state index is 0.0841. The molecular formula is C16H19NO4. The van der Waals surface area contributed by atoms with Crippen molar-refractivity contribution >= 4 is 5.91 Å². The van der Waals surface area contributed by atoms with Crippen molar-refractivity contribution in [2.24, 2.45) is 5.92 Å². The lowest BCUT2D eigenvalue weighted by Crippen LogP contribution is -2.29. The monoisotopic (exact) mass is 289 g/mol. The maximum atomic E-state index is 11.7. The van der Waals surface area contributed by atoms with Crippen molar-refractivity contribution in [2.75, 3.05) is 19.9 Å². The van der Waals surface area contributed by atoms with Gasteiger partial charge in [-0.05, 0) is 30.9 Å². The first-order valence-electron chi connectivity index (χ1n) is 7.27. The molecule has 0 unspecified atom stereocenters. The largest absolute Gasteiger partial charge is 0.492 e. The molecule has 2 aliphatic rings. The summed E-state index contributed by atoms with van der Waals surface area (Å²) in [6, 6.07) is 5.45. The smallest absolute Gasteiger partial charge is 0.231 e. The highest BCUT2D eigenvalue weighted by atomic mass is 16.7. The first-order valence-corrected chi connectivity index (χ1v) is 7.27. The number of nitrogens with one attached hydrogen (secondary N) is 1. The average molecular weight is 289 g/mol. The van der Waals surface area contributed by atoms with Gasteiger partial charge in [0.1, 0.15) is 12.4 Å². The van der Waals surface area contributed by atoms with E-state index in [0.29, 0.717) is 37.0 Å². The predicted molar refractivity (Wildman–Crippen MR) is 77.6 cm³/mol. The maximum absolute atomic E-state index is 11.7. The molecule has 1 aromatic rings. The molecule has 21 heavy (non-hydrogen) atoms. The zero-order valence-corrected chi connectivity index (χ0v) is 11.8. The molecule has 1 amide bonds. The van der Waals surface area contributed by atoms with Crippen LogP contribution in [-0.2, 0) is 4.79 Å². The fourth-order valence-electron chi connectivity index (χ4n) is 2.50. The summed E-state index contributed by atoms with van der Waals surface area (Å²) < 4.78 is 16.1. The molecule has 0 fully saturated rings. The summed E-state index contributed by atoms with van der Waals surface area (Å²) in [5.74, 6) is 2.64. The molecule has 0 bridgehead atoms. The van der Waals surface area contributed by atoms with E-state index in [1.54, 1.807) is 6.07 Å². The SMILES string of the molecule is O=C(C[C@H]1C=CCC1)NCCOc1ccc2c(c1)OCO2. The third-order valence-corrected chi connectivity index (χ3v) is 3.60. The molecule has 1 N–H and O–H groups in total. The van der Waals surface area contributed by atoms with E-state index in [1.165, 1.54) is 0 Å². The van der Waals surface area contributed by atoms with Crippen LogP contribution in [-0.4, -0.2) is 25.9 Å². The second kappa shape index (κ2) is 6.52. The van der Waals surface area contributed by atoms with Crippen molar-refractivity contribution in [2.45, 2.75) is 19.3 Å². The van der Waals surface area contributed by atoms with Crippen LogP contribution in [0.3, 0.4) is 0 Å². The van der Waals surface area contributed by atoms with E-state index >= 15 is 0 Å². The van der Waals surface area contributed by atoms with Gasteiger partial charge in [0, 0.05) is 12.5 Å². The van der Waals surface area contributed by atoms with Gasteiger partial charge < -0.3 is 19.5 Å². The molecule has 0 radical (unpaired) electrons. The van der Waals surface area contributed by atoms with E-state index in [1.807, 2.05) is 12.1 Å². The third-order valence-electron chi connectivity index (χ3n) is 3.60. The van der Waals surface area contributed by atoms with Gasteiger partial charge in [-0.15, -0.1) is 0 Å². The molecule has 1 aromatic carbocycles. The van der Waals surface area contributed by atoms with Crippen LogP contribution >= 0.6 is 0 Å². The normalized spacial score (nSPS) is 18.8. The predicted octanol–water partition coefficient (Wildman–Crippen LogP) is 2.27. The Bertz CT molecular complexity index is 541. The fraction of sp³-hybridized carbons (Fsp3) is 0.438. The molecule has 1 heterocycles. The fourth-order valence-corrected chi connectivity index (χ4v) is 2.50. The van der Waals surface area contributed by atoms with E-state index in [2.05, 4.69) is 17.5 Å². The number of fused-ring (bicyclic) bond motifs is 1. The molecule has 0 spiro atoms. The number of carbonyl (C=O) groups excluding carboxylic acids is 1. The van der Waals surface area contributed by atoms with Gasteiger partial charge in [-0.2, -0.15) is 0 Å². The lowest BCUT2D eigenvalue weighted by atomic mass is 10.1. The van der Waals surface area contributed by atoms with Crippen LogP contribution in [0.15, 0.2) is 30.4 Å². The van der Waals surface area contributed by atoms with E-state index in [0.717, 1.165) is 18.6 Å². The van der Waals surface area contributed by atoms with Gasteiger partial charge in [0.25, 0.3) is 0 Å². The lowest BCUT2D eigenvalue weighted by molar-refractivity contribution is -0.121. The molecule has 5 nitrogen and oxygen atoms in total. The van der Waals surface area contributed by atoms with E-state index < -0.39 is 0 Å². The minimum Gasteiger partial charge on any atom is -0.492 e. The van der Waals surface area contributed by atoms with Gasteiger partial charge in [-0.3, -0.25) is 4.79 Å². The van der Waals surface area contributed by atoms with E-state index in [-0.39, 0.29) is 12.7 Å². The molecule has 1 atom stereocenters. The molecule has 1 aliphatic heterocycles. The van der Waals surface area contributed by atoms with Crippen LogP contribution in [0.1, 0.15) is 19.3 Å². The summed E-state index contributed by atoms with van der Waals surface area (Å²) >= 11 is 0. The molecule has 0 saturated heterocycles. The van der Waals surface area contributed by atoms with Gasteiger partial charge in [0.2, 0.25) is 12.7 Å². The maximum Gasteiger partial charge on any atom is 0.231 e. The number of hydrogen-bond donors (Lipinski definition) is 1. The highest BCUT2D eigenvalue weighted by Gasteiger charge is 2.14. The molecule has 0 saturated carbocycles. The second-order valence-corrected chi connectivity index (χ2v) is 5.18. The zero-order valence-electron chi connectivity index (χ0n) is 11.8. The Morgan fingerprint density at radius 3 is 3.10 bits per heavy atom. The van der Waals surface area contributed by atoms with Gasteiger partial charge in [-0.25, -0.2) is 0 Å².